The van der Waals surface area contributed by atoms with Crippen molar-refractivity contribution in [3.8, 4) is 5.75 Å². The average molecular weight is 298 g/mol. The molecule has 5 heteroatoms. The first-order valence-corrected chi connectivity index (χ1v) is 7.39. The largest absolute Gasteiger partial charge is 0.487 e. The van der Waals surface area contributed by atoms with E-state index in [0.29, 0.717) is 12.4 Å². The molecule has 0 aliphatic rings. The number of nitro benzene ring substituents is 1. The fraction of sp³-hybridized carbons (Fsp3) is 0.294. The third-order valence-corrected chi connectivity index (χ3v) is 3.81. The zero-order valence-corrected chi connectivity index (χ0v) is 12.9. The molecule has 0 radical (unpaired) electrons. The van der Waals surface area contributed by atoms with E-state index >= 15 is 0 Å². The quantitative estimate of drug-likeness (QED) is 0.519. The number of nitro groups is 1. The maximum Gasteiger partial charge on any atom is 0.311 e. The molecule has 1 aromatic heterocycles. The molecule has 3 rings (SSSR count). The number of hydrogen-bond acceptors (Lipinski definition) is 3. The van der Waals surface area contributed by atoms with Crippen LogP contribution in [0.5, 0.6) is 5.75 Å². The second-order valence-corrected chi connectivity index (χ2v) is 5.48. The van der Waals surface area contributed by atoms with Gasteiger partial charge < -0.3 is 9.30 Å². The SMILES string of the molecule is CCOc1c([N+](=O)[O-])ccc2c1c1ccccc1n2C(C)C. The molecule has 0 saturated carbocycles. The van der Waals surface area contributed by atoms with E-state index in [2.05, 4.69) is 18.4 Å². The Bertz CT molecular complexity index is 865. The minimum Gasteiger partial charge on any atom is -0.487 e. The summed E-state index contributed by atoms with van der Waals surface area (Å²) in [5, 5.41) is 13.1. The van der Waals surface area contributed by atoms with Gasteiger partial charge in [0, 0.05) is 23.0 Å². The molecule has 3 aromatic rings. The summed E-state index contributed by atoms with van der Waals surface area (Å²) in [5.74, 6) is 0.362. The van der Waals surface area contributed by atoms with Crippen molar-refractivity contribution in [1.29, 1.82) is 0 Å². The van der Waals surface area contributed by atoms with Gasteiger partial charge in [0.05, 0.1) is 22.4 Å². The minimum absolute atomic E-state index is 0.0148. The van der Waals surface area contributed by atoms with Gasteiger partial charge in [0.1, 0.15) is 0 Å². The summed E-state index contributed by atoms with van der Waals surface area (Å²) < 4.78 is 7.85. The first-order valence-electron chi connectivity index (χ1n) is 7.39. The second-order valence-electron chi connectivity index (χ2n) is 5.48. The van der Waals surface area contributed by atoms with Gasteiger partial charge in [-0.1, -0.05) is 18.2 Å². The molecular weight excluding hydrogens is 280 g/mol. The van der Waals surface area contributed by atoms with Crippen LogP contribution in [-0.2, 0) is 0 Å². The number of nitrogens with zero attached hydrogens (tertiary/aromatic N) is 2. The molecule has 5 nitrogen and oxygen atoms in total. The van der Waals surface area contributed by atoms with E-state index in [0.717, 1.165) is 21.8 Å². The molecular formula is C17H18N2O3. The van der Waals surface area contributed by atoms with E-state index in [9.17, 15) is 10.1 Å². The molecule has 0 aliphatic heterocycles. The highest BCUT2D eigenvalue weighted by molar-refractivity contribution is 6.12. The van der Waals surface area contributed by atoms with Crippen molar-refractivity contribution in [2.75, 3.05) is 6.61 Å². The van der Waals surface area contributed by atoms with Crippen molar-refractivity contribution in [2.24, 2.45) is 0 Å². The standard InChI is InChI=1S/C17H18N2O3/c1-4-22-17-15(19(20)21)10-9-14-16(17)12-7-5-6-8-13(12)18(14)11(2)3/h5-11H,4H2,1-3H3. The maximum absolute atomic E-state index is 11.3. The van der Waals surface area contributed by atoms with E-state index in [4.69, 9.17) is 4.74 Å². The van der Waals surface area contributed by atoms with Crippen molar-refractivity contribution < 1.29 is 9.66 Å². The van der Waals surface area contributed by atoms with Gasteiger partial charge in [-0.25, -0.2) is 0 Å². The van der Waals surface area contributed by atoms with Gasteiger partial charge in [-0.3, -0.25) is 10.1 Å². The predicted octanol–water partition coefficient (Wildman–Crippen LogP) is 4.68. The molecule has 0 N–H and O–H groups in total. The first-order chi connectivity index (χ1) is 10.6. The Labute approximate surface area is 128 Å². The third-order valence-electron chi connectivity index (χ3n) is 3.81. The van der Waals surface area contributed by atoms with Crippen molar-refractivity contribution in [2.45, 2.75) is 26.8 Å². The van der Waals surface area contributed by atoms with Crippen LogP contribution in [0.2, 0.25) is 0 Å². The molecule has 114 valence electrons. The normalized spacial score (nSPS) is 11.5. The summed E-state index contributed by atoms with van der Waals surface area (Å²) in [4.78, 5) is 11.0. The van der Waals surface area contributed by atoms with Crippen LogP contribution in [0.15, 0.2) is 36.4 Å². The maximum atomic E-state index is 11.3. The highest BCUT2D eigenvalue weighted by atomic mass is 16.6. The smallest absolute Gasteiger partial charge is 0.311 e. The lowest BCUT2D eigenvalue weighted by Gasteiger charge is -2.12. The Balaban J connectivity index is 2.53. The van der Waals surface area contributed by atoms with Crippen LogP contribution in [-0.4, -0.2) is 16.1 Å². The van der Waals surface area contributed by atoms with Crippen LogP contribution in [0.1, 0.15) is 26.8 Å². The van der Waals surface area contributed by atoms with E-state index in [1.165, 1.54) is 6.07 Å². The van der Waals surface area contributed by atoms with Gasteiger partial charge in [0.15, 0.2) is 0 Å². The summed E-state index contributed by atoms with van der Waals surface area (Å²) in [7, 11) is 0. The lowest BCUT2D eigenvalue weighted by molar-refractivity contribution is -0.385. The number of para-hydroxylation sites is 1. The third kappa shape index (κ3) is 2.01. The fourth-order valence-electron chi connectivity index (χ4n) is 3.04. The molecule has 0 amide bonds. The van der Waals surface area contributed by atoms with E-state index in [1.807, 2.05) is 37.3 Å². The number of aromatic nitrogens is 1. The fourth-order valence-corrected chi connectivity index (χ4v) is 3.04. The van der Waals surface area contributed by atoms with E-state index in [-0.39, 0.29) is 16.7 Å². The predicted molar refractivity (Wildman–Crippen MR) is 87.7 cm³/mol. The molecule has 0 unspecified atom stereocenters. The van der Waals surface area contributed by atoms with Gasteiger partial charge in [-0.2, -0.15) is 0 Å². The van der Waals surface area contributed by atoms with E-state index in [1.54, 1.807) is 0 Å². The van der Waals surface area contributed by atoms with Crippen LogP contribution in [0.3, 0.4) is 0 Å². The molecule has 0 fully saturated rings. The summed E-state index contributed by atoms with van der Waals surface area (Å²) in [6, 6.07) is 11.6. The molecule has 1 heterocycles. The second kappa shape index (κ2) is 5.33. The van der Waals surface area contributed by atoms with Gasteiger partial charge in [0.25, 0.3) is 0 Å². The van der Waals surface area contributed by atoms with Gasteiger partial charge in [0.2, 0.25) is 5.75 Å². The Hall–Kier alpha value is -2.56. The molecule has 0 atom stereocenters. The molecule has 0 bridgehead atoms. The zero-order chi connectivity index (χ0) is 15.9. The Morgan fingerprint density at radius 3 is 2.55 bits per heavy atom. The monoisotopic (exact) mass is 298 g/mol. The van der Waals surface area contributed by atoms with Crippen molar-refractivity contribution >= 4 is 27.5 Å². The number of ether oxygens (including phenoxy) is 1. The van der Waals surface area contributed by atoms with Crippen LogP contribution in [0.25, 0.3) is 21.8 Å². The van der Waals surface area contributed by atoms with Crippen LogP contribution in [0.4, 0.5) is 5.69 Å². The van der Waals surface area contributed by atoms with Crippen LogP contribution < -0.4 is 4.74 Å². The van der Waals surface area contributed by atoms with Crippen LogP contribution in [0, 0.1) is 10.1 Å². The summed E-state index contributed by atoms with van der Waals surface area (Å²) in [5.41, 5.74) is 2.04. The Kier molecular flexibility index (Phi) is 3.48. The van der Waals surface area contributed by atoms with Crippen molar-refractivity contribution in [3.63, 3.8) is 0 Å². The zero-order valence-electron chi connectivity index (χ0n) is 12.9. The number of hydrogen-bond donors (Lipinski definition) is 0. The van der Waals surface area contributed by atoms with Gasteiger partial charge in [-0.15, -0.1) is 0 Å². The van der Waals surface area contributed by atoms with Crippen LogP contribution >= 0.6 is 0 Å². The lowest BCUT2D eigenvalue weighted by atomic mass is 10.1. The van der Waals surface area contributed by atoms with E-state index < -0.39 is 0 Å². The highest BCUT2D eigenvalue weighted by Gasteiger charge is 2.23. The van der Waals surface area contributed by atoms with Gasteiger partial charge >= 0.3 is 5.69 Å². The van der Waals surface area contributed by atoms with Crippen molar-refractivity contribution in [3.05, 3.63) is 46.5 Å². The number of fused-ring (bicyclic) bond motifs is 3. The topological polar surface area (TPSA) is 57.3 Å². The first kappa shape index (κ1) is 14.4. The number of rotatable bonds is 4. The minimum atomic E-state index is -0.383. The Morgan fingerprint density at radius 1 is 1.18 bits per heavy atom. The molecule has 2 aromatic carbocycles. The highest BCUT2D eigenvalue weighted by Crippen LogP contribution is 2.42. The van der Waals surface area contributed by atoms with Crippen molar-refractivity contribution in [1.82, 2.24) is 4.57 Å². The summed E-state index contributed by atoms with van der Waals surface area (Å²) >= 11 is 0. The molecule has 22 heavy (non-hydrogen) atoms. The molecule has 0 aliphatic carbocycles. The molecule has 0 spiro atoms. The lowest BCUT2D eigenvalue weighted by Crippen LogP contribution is -2.01. The average Bonchev–Trinajstić information content (AvgIpc) is 2.82. The Morgan fingerprint density at radius 2 is 1.91 bits per heavy atom. The summed E-state index contributed by atoms with van der Waals surface area (Å²) in [6.07, 6.45) is 0. The van der Waals surface area contributed by atoms with Gasteiger partial charge in [-0.05, 0) is 32.9 Å². The molecule has 0 saturated heterocycles. The number of benzene rings is 2. The summed E-state index contributed by atoms with van der Waals surface area (Å²) in [6.45, 7) is 6.44.